The second-order valence-corrected chi connectivity index (χ2v) is 5.65. The summed E-state index contributed by atoms with van der Waals surface area (Å²) in [4.78, 5) is 6.51. The highest BCUT2D eigenvalue weighted by Gasteiger charge is 2.24. The Hall–Kier alpha value is -0.640. The summed E-state index contributed by atoms with van der Waals surface area (Å²) in [5, 5.41) is 10.5. The second kappa shape index (κ2) is 6.50. The van der Waals surface area contributed by atoms with Gasteiger partial charge in [-0.25, -0.2) is 4.98 Å². The fraction of sp³-hybridized carbons (Fsp3) is 0.643. The topological polar surface area (TPSA) is 36.4 Å². The molecule has 0 amide bonds. The highest BCUT2D eigenvalue weighted by Crippen LogP contribution is 2.25. The Kier molecular flexibility index (Phi) is 4.98. The lowest BCUT2D eigenvalue weighted by molar-refractivity contribution is 0.0500. The molecule has 4 heteroatoms. The molecular weight excluding hydrogens is 248 g/mol. The zero-order valence-electron chi connectivity index (χ0n) is 10.8. The number of hydrogen-bond acceptors (Lipinski definition) is 3. The van der Waals surface area contributed by atoms with Gasteiger partial charge in [-0.2, -0.15) is 0 Å². The summed E-state index contributed by atoms with van der Waals surface area (Å²) in [5.41, 5.74) is 0.982. The van der Waals surface area contributed by atoms with Crippen LogP contribution in [0, 0.1) is 5.92 Å². The van der Waals surface area contributed by atoms with Gasteiger partial charge in [-0.05, 0) is 37.9 Å². The lowest BCUT2D eigenvalue weighted by atomic mass is 9.86. The third-order valence-electron chi connectivity index (χ3n) is 3.62. The van der Waals surface area contributed by atoms with Crippen LogP contribution < -0.4 is 0 Å². The average Bonchev–Trinajstić information content (AvgIpc) is 2.32. The van der Waals surface area contributed by atoms with Crippen LogP contribution in [-0.2, 0) is 6.54 Å². The first-order valence-corrected chi connectivity index (χ1v) is 7.01. The molecule has 0 spiro atoms. The van der Waals surface area contributed by atoms with Crippen LogP contribution in [0.1, 0.15) is 31.4 Å². The molecule has 0 bridgehead atoms. The van der Waals surface area contributed by atoms with Crippen molar-refractivity contribution in [1.82, 2.24) is 9.88 Å². The highest BCUT2D eigenvalue weighted by molar-refractivity contribution is 6.29. The number of pyridine rings is 1. The van der Waals surface area contributed by atoms with Crippen molar-refractivity contribution in [3.63, 3.8) is 0 Å². The predicted molar refractivity (Wildman–Crippen MR) is 73.5 cm³/mol. The standard InChI is InChI=1S/C14H21ClN2O/c1-17(9-11-5-2-3-7-13(11)18)10-12-6-4-8-14(15)16-12/h4,6,8,11,13,18H,2-3,5,7,9-10H2,1H3. The van der Waals surface area contributed by atoms with Crippen molar-refractivity contribution >= 4 is 11.6 Å². The Morgan fingerprint density at radius 2 is 2.17 bits per heavy atom. The SMILES string of the molecule is CN(Cc1cccc(Cl)n1)CC1CCCCC1O. The van der Waals surface area contributed by atoms with Gasteiger partial charge in [0.25, 0.3) is 0 Å². The molecule has 2 rings (SSSR count). The van der Waals surface area contributed by atoms with Gasteiger partial charge in [0.05, 0.1) is 11.8 Å². The van der Waals surface area contributed by atoms with Crippen molar-refractivity contribution in [1.29, 1.82) is 0 Å². The van der Waals surface area contributed by atoms with Crippen LogP contribution in [0.15, 0.2) is 18.2 Å². The lowest BCUT2D eigenvalue weighted by Crippen LogP contribution is -2.34. The average molecular weight is 269 g/mol. The van der Waals surface area contributed by atoms with E-state index in [1.807, 2.05) is 12.1 Å². The first-order chi connectivity index (χ1) is 8.65. The van der Waals surface area contributed by atoms with Crippen LogP contribution in [0.25, 0.3) is 0 Å². The van der Waals surface area contributed by atoms with Crippen LogP contribution >= 0.6 is 11.6 Å². The molecule has 1 aromatic rings. The van der Waals surface area contributed by atoms with Gasteiger partial charge in [-0.15, -0.1) is 0 Å². The number of aliphatic hydroxyl groups is 1. The van der Waals surface area contributed by atoms with E-state index in [4.69, 9.17) is 11.6 Å². The maximum absolute atomic E-state index is 9.96. The van der Waals surface area contributed by atoms with Gasteiger partial charge in [-0.3, -0.25) is 0 Å². The zero-order chi connectivity index (χ0) is 13.0. The highest BCUT2D eigenvalue weighted by atomic mass is 35.5. The van der Waals surface area contributed by atoms with Crippen molar-refractivity contribution in [2.75, 3.05) is 13.6 Å². The quantitative estimate of drug-likeness (QED) is 0.853. The van der Waals surface area contributed by atoms with E-state index in [0.29, 0.717) is 11.1 Å². The van der Waals surface area contributed by atoms with Crippen molar-refractivity contribution in [3.05, 3.63) is 29.0 Å². The Balaban J connectivity index is 1.86. The molecule has 2 atom stereocenters. The smallest absolute Gasteiger partial charge is 0.129 e. The van der Waals surface area contributed by atoms with Crippen LogP contribution in [0.3, 0.4) is 0 Å². The maximum atomic E-state index is 9.96. The number of aromatic nitrogens is 1. The van der Waals surface area contributed by atoms with Crippen LogP contribution in [-0.4, -0.2) is 34.7 Å². The summed E-state index contributed by atoms with van der Waals surface area (Å²) < 4.78 is 0. The Bertz CT molecular complexity index is 386. The molecule has 0 aromatic carbocycles. The van der Waals surface area contributed by atoms with E-state index in [0.717, 1.165) is 38.0 Å². The molecule has 1 saturated carbocycles. The Morgan fingerprint density at radius 3 is 2.89 bits per heavy atom. The summed E-state index contributed by atoms with van der Waals surface area (Å²) in [6.45, 7) is 1.71. The Labute approximate surface area is 114 Å². The first-order valence-electron chi connectivity index (χ1n) is 6.63. The van der Waals surface area contributed by atoms with Gasteiger partial charge in [0.2, 0.25) is 0 Å². The van der Waals surface area contributed by atoms with Crippen LogP contribution in [0.2, 0.25) is 5.15 Å². The fourth-order valence-electron chi connectivity index (χ4n) is 2.68. The third-order valence-corrected chi connectivity index (χ3v) is 3.83. The van der Waals surface area contributed by atoms with Gasteiger partial charge in [0.15, 0.2) is 0 Å². The molecular formula is C14H21ClN2O. The number of halogens is 1. The maximum Gasteiger partial charge on any atom is 0.129 e. The minimum Gasteiger partial charge on any atom is -0.393 e. The van der Waals surface area contributed by atoms with Gasteiger partial charge >= 0.3 is 0 Å². The lowest BCUT2D eigenvalue weighted by Gasteiger charge is -2.31. The number of aliphatic hydroxyl groups excluding tert-OH is 1. The molecule has 1 N–H and O–H groups in total. The Morgan fingerprint density at radius 1 is 1.39 bits per heavy atom. The third kappa shape index (κ3) is 3.94. The predicted octanol–water partition coefficient (Wildman–Crippen LogP) is 2.72. The van der Waals surface area contributed by atoms with E-state index in [-0.39, 0.29) is 6.10 Å². The minimum absolute atomic E-state index is 0.131. The molecule has 3 nitrogen and oxygen atoms in total. The summed E-state index contributed by atoms with van der Waals surface area (Å²) in [6, 6.07) is 5.70. The van der Waals surface area contributed by atoms with Gasteiger partial charge in [0, 0.05) is 13.1 Å². The van der Waals surface area contributed by atoms with Gasteiger partial charge < -0.3 is 10.0 Å². The van der Waals surface area contributed by atoms with Crippen LogP contribution in [0.5, 0.6) is 0 Å². The number of rotatable bonds is 4. The van der Waals surface area contributed by atoms with Gasteiger partial charge in [-0.1, -0.05) is 30.5 Å². The molecule has 2 unspecified atom stereocenters. The zero-order valence-corrected chi connectivity index (χ0v) is 11.6. The van der Waals surface area contributed by atoms with E-state index in [1.165, 1.54) is 6.42 Å². The summed E-state index contributed by atoms with van der Waals surface area (Å²) >= 11 is 5.87. The summed E-state index contributed by atoms with van der Waals surface area (Å²) in [7, 11) is 2.07. The van der Waals surface area contributed by atoms with Gasteiger partial charge in [0.1, 0.15) is 5.15 Å². The number of nitrogens with zero attached hydrogens (tertiary/aromatic N) is 2. The van der Waals surface area contributed by atoms with Crippen molar-refractivity contribution < 1.29 is 5.11 Å². The molecule has 1 fully saturated rings. The van der Waals surface area contributed by atoms with E-state index in [2.05, 4.69) is 16.9 Å². The first kappa shape index (κ1) is 13.8. The van der Waals surface area contributed by atoms with Crippen LogP contribution in [0.4, 0.5) is 0 Å². The van der Waals surface area contributed by atoms with E-state index in [1.54, 1.807) is 6.07 Å². The monoisotopic (exact) mass is 268 g/mol. The van der Waals surface area contributed by atoms with E-state index in [9.17, 15) is 5.11 Å². The minimum atomic E-state index is -0.131. The van der Waals surface area contributed by atoms with Crippen molar-refractivity contribution in [2.45, 2.75) is 38.3 Å². The molecule has 1 aromatic heterocycles. The number of hydrogen-bond donors (Lipinski definition) is 1. The van der Waals surface area contributed by atoms with E-state index < -0.39 is 0 Å². The molecule has 0 radical (unpaired) electrons. The molecule has 1 heterocycles. The molecule has 0 saturated heterocycles. The fourth-order valence-corrected chi connectivity index (χ4v) is 2.86. The molecule has 100 valence electrons. The largest absolute Gasteiger partial charge is 0.393 e. The van der Waals surface area contributed by atoms with Crippen molar-refractivity contribution in [3.8, 4) is 0 Å². The summed E-state index contributed by atoms with van der Waals surface area (Å²) in [6.07, 6.45) is 4.36. The van der Waals surface area contributed by atoms with Crippen molar-refractivity contribution in [2.24, 2.45) is 5.92 Å². The summed E-state index contributed by atoms with van der Waals surface area (Å²) in [5.74, 6) is 0.405. The van der Waals surface area contributed by atoms with E-state index >= 15 is 0 Å². The molecule has 18 heavy (non-hydrogen) atoms. The normalized spacial score (nSPS) is 24.4. The second-order valence-electron chi connectivity index (χ2n) is 5.26. The molecule has 1 aliphatic carbocycles. The molecule has 1 aliphatic rings. The molecule has 0 aliphatic heterocycles.